The molecular weight excluding hydrogens is 364 g/mol. The summed E-state index contributed by atoms with van der Waals surface area (Å²) in [5.41, 5.74) is 1.96. The molecule has 1 aliphatic heterocycles. The first kappa shape index (κ1) is 18.6. The molecular formula is C24H20N2O3. The first-order valence-electron chi connectivity index (χ1n) is 9.44. The zero-order valence-electron chi connectivity index (χ0n) is 15.7. The monoisotopic (exact) mass is 384 g/mol. The summed E-state index contributed by atoms with van der Waals surface area (Å²) >= 11 is 0. The second-order valence-electron chi connectivity index (χ2n) is 6.82. The van der Waals surface area contributed by atoms with Crippen LogP contribution in [0.3, 0.4) is 0 Å². The van der Waals surface area contributed by atoms with E-state index in [0.29, 0.717) is 12.2 Å². The molecule has 2 amide bonds. The van der Waals surface area contributed by atoms with Crippen LogP contribution in [0.2, 0.25) is 0 Å². The van der Waals surface area contributed by atoms with Crippen LogP contribution >= 0.6 is 0 Å². The van der Waals surface area contributed by atoms with Crippen molar-refractivity contribution >= 4 is 18.1 Å². The van der Waals surface area contributed by atoms with Gasteiger partial charge in [0, 0.05) is 12.4 Å². The fourth-order valence-corrected chi connectivity index (χ4v) is 3.40. The molecule has 0 N–H and O–H groups in total. The van der Waals surface area contributed by atoms with E-state index < -0.39 is 6.09 Å². The van der Waals surface area contributed by atoms with Gasteiger partial charge in [-0.3, -0.25) is 9.78 Å². The Morgan fingerprint density at radius 2 is 1.72 bits per heavy atom. The van der Waals surface area contributed by atoms with Crippen LogP contribution in [0.25, 0.3) is 6.08 Å². The maximum absolute atomic E-state index is 12.8. The Kier molecular flexibility index (Phi) is 5.47. The van der Waals surface area contributed by atoms with E-state index >= 15 is 0 Å². The van der Waals surface area contributed by atoms with E-state index in [0.717, 1.165) is 11.1 Å². The zero-order valence-corrected chi connectivity index (χ0v) is 15.7. The maximum atomic E-state index is 12.8. The largest absolute Gasteiger partial charge is 0.422 e. The van der Waals surface area contributed by atoms with Crippen LogP contribution in [0.4, 0.5) is 4.79 Å². The normalized spacial score (nSPS) is 18.5. The van der Waals surface area contributed by atoms with Crippen molar-refractivity contribution in [2.24, 2.45) is 5.92 Å². The summed E-state index contributed by atoms with van der Waals surface area (Å²) in [5.74, 6) is -0.129. The van der Waals surface area contributed by atoms with Gasteiger partial charge >= 0.3 is 6.09 Å². The van der Waals surface area contributed by atoms with Gasteiger partial charge in [0.25, 0.3) is 0 Å². The van der Waals surface area contributed by atoms with Gasteiger partial charge in [-0.2, -0.15) is 0 Å². The number of para-hydroxylation sites is 1. The lowest BCUT2D eigenvalue weighted by Crippen LogP contribution is -2.63. The molecule has 0 unspecified atom stereocenters. The molecule has 144 valence electrons. The van der Waals surface area contributed by atoms with E-state index in [4.69, 9.17) is 4.74 Å². The number of hydrogen-bond donors (Lipinski definition) is 0. The molecule has 3 aromatic rings. The second-order valence-corrected chi connectivity index (χ2v) is 6.82. The lowest BCUT2D eigenvalue weighted by atomic mass is 9.82. The molecule has 4 rings (SSSR count). The molecule has 1 fully saturated rings. The van der Waals surface area contributed by atoms with E-state index in [1.165, 1.54) is 4.90 Å². The number of carbonyl (C=O) groups excluding carboxylic acids is 2. The molecule has 29 heavy (non-hydrogen) atoms. The number of aromatic nitrogens is 1. The standard InChI is InChI=1S/C24H20N2O3/c27-23-21(16-18-8-3-1-4-9-18)22(14-13-19-10-7-15-25-17-19)26(23)24(28)29-20-11-5-2-6-12-20/h1-15,17,21-22H,16H2/t21-,22+/m1/s1. The predicted octanol–water partition coefficient (Wildman–Crippen LogP) is 4.36. The molecule has 5 nitrogen and oxygen atoms in total. The number of rotatable bonds is 5. The van der Waals surface area contributed by atoms with Crippen LogP contribution in [-0.4, -0.2) is 27.9 Å². The van der Waals surface area contributed by atoms with Crippen molar-refractivity contribution in [1.29, 1.82) is 0 Å². The van der Waals surface area contributed by atoms with Crippen molar-refractivity contribution in [3.8, 4) is 5.75 Å². The molecule has 2 heterocycles. The number of pyridine rings is 1. The molecule has 2 atom stereocenters. The van der Waals surface area contributed by atoms with Crippen LogP contribution in [0, 0.1) is 5.92 Å². The van der Waals surface area contributed by atoms with Crippen molar-refractivity contribution in [1.82, 2.24) is 9.88 Å². The minimum absolute atomic E-state index is 0.226. The number of nitrogens with zero attached hydrogens (tertiary/aromatic N) is 2. The van der Waals surface area contributed by atoms with E-state index in [1.807, 2.05) is 60.7 Å². The lowest BCUT2D eigenvalue weighted by molar-refractivity contribution is -0.148. The highest BCUT2D eigenvalue weighted by Crippen LogP contribution is 2.32. The molecule has 0 aliphatic carbocycles. The van der Waals surface area contributed by atoms with Gasteiger partial charge in [0.15, 0.2) is 0 Å². The fraction of sp³-hybridized carbons (Fsp3) is 0.125. The Morgan fingerprint density at radius 3 is 2.41 bits per heavy atom. The Balaban J connectivity index is 1.55. The Bertz CT molecular complexity index is 1000. The molecule has 1 saturated heterocycles. The second kappa shape index (κ2) is 8.52. The summed E-state index contributed by atoms with van der Waals surface area (Å²) in [7, 11) is 0. The molecule has 1 aromatic heterocycles. The van der Waals surface area contributed by atoms with Crippen LogP contribution < -0.4 is 4.74 Å². The van der Waals surface area contributed by atoms with Crippen LogP contribution in [0.1, 0.15) is 11.1 Å². The average molecular weight is 384 g/mol. The fourth-order valence-electron chi connectivity index (χ4n) is 3.40. The first-order chi connectivity index (χ1) is 14.2. The van der Waals surface area contributed by atoms with E-state index in [2.05, 4.69) is 4.98 Å². The smallest absolute Gasteiger partial charge is 0.410 e. The summed E-state index contributed by atoms with van der Waals surface area (Å²) in [5, 5.41) is 0. The maximum Gasteiger partial charge on any atom is 0.422 e. The van der Waals surface area contributed by atoms with Gasteiger partial charge in [0.05, 0.1) is 12.0 Å². The first-order valence-corrected chi connectivity index (χ1v) is 9.44. The topological polar surface area (TPSA) is 59.5 Å². The lowest BCUT2D eigenvalue weighted by Gasteiger charge is -2.43. The van der Waals surface area contributed by atoms with Gasteiger partial charge in [0.1, 0.15) is 5.75 Å². The number of carbonyl (C=O) groups is 2. The van der Waals surface area contributed by atoms with Crippen LogP contribution in [-0.2, 0) is 11.2 Å². The van der Waals surface area contributed by atoms with Crippen molar-refractivity contribution in [2.75, 3.05) is 0 Å². The van der Waals surface area contributed by atoms with Gasteiger partial charge < -0.3 is 4.74 Å². The number of hydrogen-bond acceptors (Lipinski definition) is 4. The van der Waals surface area contributed by atoms with Gasteiger partial charge in [0.2, 0.25) is 5.91 Å². The van der Waals surface area contributed by atoms with Crippen molar-refractivity contribution in [3.05, 3.63) is 102 Å². The molecule has 0 bridgehead atoms. The number of benzene rings is 2. The summed E-state index contributed by atoms with van der Waals surface area (Å²) in [6.45, 7) is 0. The van der Waals surface area contributed by atoms with Crippen molar-refractivity contribution in [3.63, 3.8) is 0 Å². The Morgan fingerprint density at radius 1 is 1.00 bits per heavy atom. The zero-order chi connectivity index (χ0) is 20.1. The molecule has 0 spiro atoms. The number of likely N-dealkylation sites (tertiary alicyclic amines) is 1. The third-order valence-corrected chi connectivity index (χ3v) is 4.88. The van der Waals surface area contributed by atoms with Gasteiger partial charge in [-0.05, 0) is 35.7 Å². The van der Waals surface area contributed by atoms with Gasteiger partial charge in [-0.1, -0.05) is 66.7 Å². The molecule has 0 saturated carbocycles. The SMILES string of the molecule is O=C(Oc1ccccc1)N1C(=O)[C@H](Cc2ccccc2)[C@@H]1C=Cc1cccnc1. The third kappa shape index (κ3) is 4.24. The van der Waals surface area contributed by atoms with E-state index in [9.17, 15) is 9.59 Å². The van der Waals surface area contributed by atoms with Gasteiger partial charge in [-0.25, -0.2) is 9.69 Å². The quantitative estimate of drug-likeness (QED) is 0.613. The third-order valence-electron chi connectivity index (χ3n) is 4.88. The molecule has 1 aliphatic rings. The average Bonchev–Trinajstić information content (AvgIpc) is 2.76. The summed E-state index contributed by atoms with van der Waals surface area (Å²) in [6.07, 6.45) is 7.09. The Labute approximate surface area is 169 Å². The molecule has 5 heteroatoms. The van der Waals surface area contributed by atoms with Crippen molar-refractivity contribution < 1.29 is 14.3 Å². The predicted molar refractivity (Wildman–Crippen MR) is 110 cm³/mol. The van der Waals surface area contributed by atoms with Crippen molar-refractivity contribution in [2.45, 2.75) is 12.5 Å². The number of amides is 2. The minimum atomic E-state index is -0.661. The van der Waals surface area contributed by atoms with Crippen LogP contribution in [0.15, 0.2) is 91.3 Å². The Hall–Kier alpha value is -3.73. The summed E-state index contributed by atoms with van der Waals surface area (Å²) in [6, 6.07) is 21.9. The van der Waals surface area contributed by atoms with E-state index in [1.54, 1.807) is 36.7 Å². The van der Waals surface area contributed by atoms with E-state index in [-0.39, 0.29) is 17.9 Å². The van der Waals surface area contributed by atoms with Gasteiger partial charge in [-0.15, -0.1) is 0 Å². The number of β-lactam (4-membered cyclic amide) rings is 1. The molecule has 0 radical (unpaired) electrons. The highest BCUT2D eigenvalue weighted by Gasteiger charge is 2.50. The summed E-state index contributed by atoms with van der Waals surface area (Å²) in [4.78, 5) is 30.7. The summed E-state index contributed by atoms with van der Waals surface area (Å²) < 4.78 is 5.39. The number of imide groups is 1. The minimum Gasteiger partial charge on any atom is -0.410 e. The highest BCUT2D eigenvalue weighted by molar-refractivity contribution is 6.01. The highest BCUT2D eigenvalue weighted by atomic mass is 16.6. The molecule has 2 aromatic carbocycles. The van der Waals surface area contributed by atoms with Crippen LogP contribution in [0.5, 0.6) is 5.75 Å². The number of ether oxygens (including phenoxy) is 1.